The van der Waals surface area contributed by atoms with Crippen LogP contribution in [-0.2, 0) is 14.3 Å². The third-order valence-corrected chi connectivity index (χ3v) is 10.8. The fourth-order valence-corrected chi connectivity index (χ4v) is 7.16. The minimum absolute atomic E-state index is 0.0116. The van der Waals surface area contributed by atoms with Crippen LogP contribution in [0.3, 0.4) is 0 Å². The van der Waals surface area contributed by atoms with Crippen molar-refractivity contribution in [2.24, 2.45) is 0 Å². The first-order chi connectivity index (χ1) is 26.0. The minimum atomic E-state index is -0.678. The van der Waals surface area contributed by atoms with Crippen LogP contribution in [-0.4, -0.2) is 47.4 Å². The first-order valence-corrected chi connectivity index (χ1v) is 23.4. The number of ether oxygens (including phenoxy) is 1. The Morgan fingerprint density at radius 3 is 1.36 bits per heavy atom. The fourth-order valence-electron chi connectivity index (χ4n) is 7.16. The highest BCUT2D eigenvalue weighted by atomic mass is 16.5. The molecule has 6 heteroatoms. The van der Waals surface area contributed by atoms with Gasteiger partial charge >= 0.3 is 5.97 Å². The second kappa shape index (κ2) is 43.3. The molecule has 0 aromatic heterocycles. The van der Waals surface area contributed by atoms with Crippen molar-refractivity contribution in [3.8, 4) is 0 Å². The van der Waals surface area contributed by atoms with Crippen molar-refractivity contribution in [1.29, 1.82) is 0 Å². The maximum Gasteiger partial charge on any atom is 0.305 e. The number of aliphatic hydroxyl groups excluding tert-OH is 2. The molecule has 2 atom stereocenters. The average Bonchev–Trinajstić information content (AvgIpc) is 3.16. The van der Waals surface area contributed by atoms with Crippen molar-refractivity contribution < 1.29 is 24.5 Å². The first-order valence-electron chi connectivity index (χ1n) is 23.4. The summed E-state index contributed by atoms with van der Waals surface area (Å²) >= 11 is 0. The summed E-state index contributed by atoms with van der Waals surface area (Å²) in [5.74, 6) is -0.0783. The van der Waals surface area contributed by atoms with E-state index in [4.69, 9.17) is 4.74 Å². The zero-order chi connectivity index (χ0) is 38.7. The molecule has 0 heterocycles. The number of amides is 1. The van der Waals surface area contributed by atoms with E-state index in [1.165, 1.54) is 148 Å². The molecule has 6 nitrogen and oxygen atoms in total. The highest BCUT2D eigenvalue weighted by Crippen LogP contribution is 2.15. The number of hydrogen-bond donors (Lipinski definition) is 3. The number of hydrogen-bond acceptors (Lipinski definition) is 5. The minimum Gasteiger partial charge on any atom is -0.466 e. The molecule has 314 valence electrons. The molecule has 0 radical (unpaired) electrons. The molecule has 0 aliphatic rings. The van der Waals surface area contributed by atoms with E-state index >= 15 is 0 Å². The van der Waals surface area contributed by atoms with Gasteiger partial charge in [0.05, 0.1) is 25.4 Å². The van der Waals surface area contributed by atoms with E-state index in [1.54, 1.807) is 0 Å². The van der Waals surface area contributed by atoms with Gasteiger partial charge in [-0.05, 0) is 51.4 Å². The van der Waals surface area contributed by atoms with Gasteiger partial charge < -0.3 is 20.3 Å². The highest BCUT2D eigenvalue weighted by Gasteiger charge is 2.20. The number of allylic oxidation sites excluding steroid dienone is 2. The van der Waals surface area contributed by atoms with Crippen molar-refractivity contribution in [1.82, 2.24) is 5.32 Å². The molecule has 3 N–H and O–H groups in total. The number of esters is 1. The highest BCUT2D eigenvalue weighted by molar-refractivity contribution is 5.76. The number of unbranched alkanes of at least 4 members (excludes halogenated alkanes) is 30. The molecule has 2 unspecified atom stereocenters. The van der Waals surface area contributed by atoms with E-state index in [1.807, 2.05) is 0 Å². The lowest BCUT2D eigenvalue weighted by atomic mass is 10.0. The Labute approximate surface area is 329 Å². The van der Waals surface area contributed by atoms with E-state index in [0.717, 1.165) is 70.6 Å². The molecule has 0 aromatic rings. The van der Waals surface area contributed by atoms with Gasteiger partial charge in [-0.3, -0.25) is 9.59 Å². The van der Waals surface area contributed by atoms with Gasteiger partial charge in [-0.2, -0.15) is 0 Å². The smallest absolute Gasteiger partial charge is 0.305 e. The van der Waals surface area contributed by atoms with Crippen LogP contribution in [0.1, 0.15) is 251 Å². The van der Waals surface area contributed by atoms with E-state index in [9.17, 15) is 19.8 Å². The normalized spacial score (nSPS) is 12.8. The lowest BCUT2D eigenvalue weighted by molar-refractivity contribution is -0.143. The van der Waals surface area contributed by atoms with Crippen LogP contribution in [0.4, 0.5) is 0 Å². The zero-order valence-electron chi connectivity index (χ0n) is 35.5. The van der Waals surface area contributed by atoms with Gasteiger partial charge in [0.1, 0.15) is 0 Å². The predicted molar refractivity (Wildman–Crippen MR) is 227 cm³/mol. The lowest BCUT2D eigenvalue weighted by Crippen LogP contribution is -2.45. The molecule has 0 rings (SSSR count). The third kappa shape index (κ3) is 40.1. The summed E-state index contributed by atoms with van der Waals surface area (Å²) < 4.78 is 5.44. The summed E-state index contributed by atoms with van der Waals surface area (Å²) in [5, 5.41) is 23.0. The Balaban J connectivity index is 3.48. The number of nitrogens with one attached hydrogen (secondary N) is 1. The number of rotatable bonds is 43. The summed E-state index contributed by atoms with van der Waals surface area (Å²) in [6, 6.07) is -0.558. The maximum absolute atomic E-state index is 12.4. The molecule has 0 fully saturated rings. The summed E-state index contributed by atoms with van der Waals surface area (Å²) in [5.41, 5.74) is 0. The SMILES string of the molecule is CCCCCCCCCCCCCCCC(=O)OCCCCCCCC/C=C\CCCCCC(=O)NC(CO)C(O)CCCCCCCCCCCC. The van der Waals surface area contributed by atoms with Gasteiger partial charge in [-0.25, -0.2) is 0 Å². The van der Waals surface area contributed by atoms with Gasteiger partial charge in [0.2, 0.25) is 5.91 Å². The Bertz CT molecular complexity index is 787. The maximum atomic E-state index is 12.4. The van der Waals surface area contributed by atoms with Gasteiger partial charge in [0.15, 0.2) is 0 Å². The third-order valence-electron chi connectivity index (χ3n) is 10.8. The molecule has 0 aliphatic heterocycles. The van der Waals surface area contributed by atoms with Gasteiger partial charge in [-0.1, -0.05) is 199 Å². The molecule has 0 aromatic carbocycles. The van der Waals surface area contributed by atoms with Crippen LogP contribution in [0.25, 0.3) is 0 Å². The van der Waals surface area contributed by atoms with Gasteiger partial charge in [-0.15, -0.1) is 0 Å². The quantitative estimate of drug-likeness (QED) is 0.0328. The molecule has 1 amide bonds. The predicted octanol–water partition coefficient (Wildman–Crippen LogP) is 13.4. The molecule has 53 heavy (non-hydrogen) atoms. The van der Waals surface area contributed by atoms with Crippen LogP contribution in [0.2, 0.25) is 0 Å². The van der Waals surface area contributed by atoms with Crippen molar-refractivity contribution in [3.05, 3.63) is 12.2 Å². The molecular formula is C47H91NO5. The van der Waals surface area contributed by atoms with Crippen LogP contribution in [0.5, 0.6) is 0 Å². The second-order valence-electron chi connectivity index (χ2n) is 16.1. The van der Waals surface area contributed by atoms with Crippen LogP contribution < -0.4 is 5.32 Å². The average molecular weight is 750 g/mol. The Morgan fingerprint density at radius 1 is 0.509 bits per heavy atom. The van der Waals surface area contributed by atoms with Gasteiger partial charge in [0.25, 0.3) is 0 Å². The topological polar surface area (TPSA) is 95.9 Å². The Hall–Kier alpha value is -1.40. The number of aliphatic hydroxyl groups is 2. The zero-order valence-corrected chi connectivity index (χ0v) is 35.5. The van der Waals surface area contributed by atoms with Crippen LogP contribution in [0.15, 0.2) is 12.2 Å². The summed E-state index contributed by atoms with van der Waals surface area (Å²) in [6.45, 7) is 4.89. The van der Waals surface area contributed by atoms with Crippen LogP contribution in [0, 0.1) is 0 Å². The molecule has 0 saturated heterocycles. The first kappa shape index (κ1) is 51.6. The van der Waals surface area contributed by atoms with E-state index in [2.05, 4.69) is 31.3 Å². The van der Waals surface area contributed by atoms with Crippen LogP contribution >= 0.6 is 0 Å². The molecule has 0 bridgehead atoms. The number of carbonyl (C=O) groups excluding carboxylic acids is 2. The summed E-state index contributed by atoms with van der Waals surface area (Å²) in [7, 11) is 0. The van der Waals surface area contributed by atoms with E-state index in [0.29, 0.717) is 25.9 Å². The standard InChI is InChI=1S/C47H91NO5/c1-3-5-7-9-11-13-15-17-21-25-29-33-37-41-47(52)53-42-38-34-30-26-22-19-16-18-20-24-28-32-36-40-46(51)48-44(43-49)45(50)39-35-31-27-23-14-12-10-8-6-4-2/h18,20,44-45,49-50H,3-17,19,21-43H2,1-2H3,(H,48,51)/b20-18-. The lowest BCUT2D eigenvalue weighted by Gasteiger charge is -2.22. The fraction of sp³-hybridized carbons (Fsp3) is 0.915. The van der Waals surface area contributed by atoms with Gasteiger partial charge in [0, 0.05) is 12.8 Å². The summed E-state index contributed by atoms with van der Waals surface area (Å²) in [4.78, 5) is 24.3. The molecule has 0 aliphatic carbocycles. The molecule has 0 saturated carbocycles. The van der Waals surface area contributed by atoms with Crippen molar-refractivity contribution in [3.63, 3.8) is 0 Å². The number of carbonyl (C=O) groups is 2. The second-order valence-corrected chi connectivity index (χ2v) is 16.1. The van der Waals surface area contributed by atoms with Crippen molar-refractivity contribution >= 4 is 11.9 Å². The van der Waals surface area contributed by atoms with Crippen molar-refractivity contribution in [2.45, 2.75) is 264 Å². The molecule has 0 spiro atoms. The molecular weight excluding hydrogens is 659 g/mol. The summed E-state index contributed by atoms with van der Waals surface area (Å²) in [6.07, 6.45) is 47.4. The monoisotopic (exact) mass is 750 g/mol. The largest absolute Gasteiger partial charge is 0.466 e. The Kier molecular flexibility index (Phi) is 42.2. The van der Waals surface area contributed by atoms with Crippen molar-refractivity contribution in [2.75, 3.05) is 13.2 Å². The van der Waals surface area contributed by atoms with E-state index < -0.39 is 12.1 Å². The Morgan fingerprint density at radius 2 is 0.887 bits per heavy atom. The van der Waals surface area contributed by atoms with E-state index in [-0.39, 0.29) is 18.5 Å².